The number of aromatic nitrogens is 3. The van der Waals surface area contributed by atoms with Gasteiger partial charge in [-0.15, -0.1) is 0 Å². The number of pyridine rings is 1. The first kappa shape index (κ1) is 12.4. The molecule has 6 heteroatoms. The van der Waals surface area contributed by atoms with E-state index in [1.165, 1.54) is 0 Å². The van der Waals surface area contributed by atoms with Crippen LogP contribution in [0.2, 0.25) is 5.15 Å². The Morgan fingerprint density at radius 2 is 2.29 bits per heavy atom. The van der Waals surface area contributed by atoms with Gasteiger partial charge in [-0.05, 0) is 35.0 Å². The third kappa shape index (κ3) is 2.79. The Bertz CT molecular complexity index is 526. The SMILES string of the molecule is CC(Nc1cc(Br)cnc1Cl)c1ccnn1C. The van der Waals surface area contributed by atoms with Crippen molar-refractivity contribution in [2.75, 3.05) is 5.32 Å². The quantitative estimate of drug-likeness (QED) is 0.883. The van der Waals surface area contributed by atoms with E-state index in [0.29, 0.717) is 5.15 Å². The third-order valence-corrected chi connectivity index (χ3v) is 3.22. The van der Waals surface area contributed by atoms with Crippen molar-refractivity contribution in [3.8, 4) is 0 Å². The number of nitrogens with one attached hydrogen (secondary N) is 1. The van der Waals surface area contributed by atoms with Crippen molar-refractivity contribution in [3.63, 3.8) is 0 Å². The molecule has 0 aromatic carbocycles. The van der Waals surface area contributed by atoms with Crippen molar-refractivity contribution < 1.29 is 0 Å². The molecule has 4 nitrogen and oxygen atoms in total. The Labute approximate surface area is 113 Å². The molecule has 0 aliphatic heterocycles. The van der Waals surface area contributed by atoms with Crippen LogP contribution in [0.5, 0.6) is 0 Å². The van der Waals surface area contributed by atoms with Crippen LogP contribution in [0.3, 0.4) is 0 Å². The van der Waals surface area contributed by atoms with E-state index in [0.717, 1.165) is 15.9 Å². The molecule has 0 aliphatic rings. The highest BCUT2D eigenvalue weighted by Gasteiger charge is 2.11. The minimum Gasteiger partial charge on any atom is -0.374 e. The lowest BCUT2D eigenvalue weighted by atomic mass is 10.2. The van der Waals surface area contributed by atoms with E-state index in [1.807, 2.05) is 30.8 Å². The molecule has 1 unspecified atom stereocenters. The number of hydrogen-bond acceptors (Lipinski definition) is 3. The van der Waals surface area contributed by atoms with E-state index in [4.69, 9.17) is 11.6 Å². The Morgan fingerprint density at radius 1 is 1.53 bits per heavy atom. The highest BCUT2D eigenvalue weighted by atomic mass is 79.9. The van der Waals surface area contributed by atoms with Crippen LogP contribution >= 0.6 is 27.5 Å². The summed E-state index contributed by atoms with van der Waals surface area (Å²) in [6.45, 7) is 2.05. The number of halogens is 2. The first-order chi connectivity index (χ1) is 8.08. The summed E-state index contributed by atoms with van der Waals surface area (Å²) in [5.74, 6) is 0. The van der Waals surface area contributed by atoms with Gasteiger partial charge in [-0.3, -0.25) is 4.68 Å². The smallest absolute Gasteiger partial charge is 0.152 e. The van der Waals surface area contributed by atoms with Crippen molar-refractivity contribution in [3.05, 3.63) is 39.8 Å². The highest BCUT2D eigenvalue weighted by molar-refractivity contribution is 9.10. The summed E-state index contributed by atoms with van der Waals surface area (Å²) in [6, 6.07) is 3.98. The zero-order valence-electron chi connectivity index (χ0n) is 9.48. The second-order valence-corrected chi connectivity index (χ2v) is 5.01. The monoisotopic (exact) mass is 314 g/mol. The molecule has 2 rings (SSSR count). The van der Waals surface area contributed by atoms with E-state index in [1.54, 1.807) is 12.4 Å². The Balaban J connectivity index is 2.21. The maximum atomic E-state index is 6.02. The van der Waals surface area contributed by atoms with Crippen molar-refractivity contribution in [2.24, 2.45) is 7.05 Å². The molecule has 90 valence electrons. The minimum atomic E-state index is 0.107. The fraction of sp³-hybridized carbons (Fsp3) is 0.273. The summed E-state index contributed by atoms with van der Waals surface area (Å²) in [7, 11) is 1.91. The van der Waals surface area contributed by atoms with Crippen LogP contribution in [0.1, 0.15) is 18.7 Å². The molecule has 0 fully saturated rings. The van der Waals surface area contributed by atoms with Crippen LogP contribution in [0.15, 0.2) is 29.0 Å². The minimum absolute atomic E-state index is 0.107. The average molecular weight is 316 g/mol. The summed E-state index contributed by atoms with van der Waals surface area (Å²) in [5.41, 5.74) is 1.88. The lowest BCUT2D eigenvalue weighted by Crippen LogP contribution is -2.11. The van der Waals surface area contributed by atoms with E-state index in [-0.39, 0.29) is 6.04 Å². The Morgan fingerprint density at radius 3 is 2.94 bits per heavy atom. The molecule has 0 aliphatic carbocycles. The van der Waals surface area contributed by atoms with Crippen molar-refractivity contribution >= 4 is 33.2 Å². The summed E-state index contributed by atoms with van der Waals surface area (Å²) in [4.78, 5) is 4.07. The number of rotatable bonds is 3. The lowest BCUT2D eigenvalue weighted by molar-refractivity contribution is 0.675. The predicted octanol–water partition coefficient (Wildman–Crippen LogP) is 3.40. The van der Waals surface area contributed by atoms with Gasteiger partial charge in [-0.2, -0.15) is 5.10 Å². The normalized spacial score (nSPS) is 12.5. The zero-order valence-corrected chi connectivity index (χ0v) is 11.8. The highest BCUT2D eigenvalue weighted by Crippen LogP contribution is 2.26. The van der Waals surface area contributed by atoms with Crippen LogP contribution in [-0.2, 0) is 7.05 Å². The van der Waals surface area contributed by atoms with Crippen molar-refractivity contribution in [2.45, 2.75) is 13.0 Å². The first-order valence-electron chi connectivity index (χ1n) is 5.13. The maximum absolute atomic E-state index is 6.02. The van der Waals surface area contributed by atoms with Crippen LogP contribution in [0.25, 0.3) is 0 Å². The zero-order chi connectivity index (χ0) is 12.4. The van der Waals surface area contributed by atoms with E-state index < -0.39 is 0 Å². The lowest BCUT2D eigenvalue weighted by Gasteiger charge is -2.16. The van der Waals surface area contributed by atoms with Crippen molar-refractivity contribution in [1.29, 1.82) is 0 Å². The molecule has 1 atom stereocenters. The van der Waals surface area contributed by atoms with Gasteiger partial charge in [0.25, 0.3) is 0 Å². The topological polar surface area (TPSA) is 42.7 Å². The van der Waals surface area contributed by atoms with Gasteiger partial charge in [0.15, 0.2) is 5.15 Å². The Hall–Kier alpha value is -1.07. The average Bonchev–Trinajstić information content (AvgIpc) is 2.70. The molecule has 2 aromatic rings. The van der Waals surface area contributed by atoms with E-state index >= 15 is 0 Å². The van der Waals surface area contributed by atoms with Gasteiger partial charge in [-0.25, -0.2) is 4.98 Å². The van der Waals surface area contributed by atoms with Crippen molar-refractivity contribution in [1.82, 2.24) is 14.8 Å². The summed E-state index contributed by atoms with van der Waals surface area (Å²) >= 11 is 9.40. The van der Waals surface area contributed by atoms with Gasteiger partial charge >= 0.3 is 0 Å². The van der Waals surface area contributed by atoms with Crippen LogP contribution < -0.4 is 5.32 Å². The molecule has 0 spiro atoms. The van der Waals surface area contributed by atoms with E-state index in [9.17, 15) is 0 Å². The maximum Gasteiger partial charge on any atom is 0.152 e. The molecule has 0 amide bonds. The van der Waals surface area contributed by atoms with Crippen LogP contribution in [-0.4, -0.2) is 14.8 Å². The van der Waals surface area contributed by atoms with Gasteiger partial charge in [-0.1, -0.05) is 11.6 Å². The molecule has 1 N–H and O–H groups in total. The summed E-state index contributed by atoms with van der Waals surface area (Å²) < 4.78 is 2.72. The molecule has 2 heterocycles. The van der Waals surface area contributed by atoms with Crippen LogP contribution in [0, 0.1) is 0 Å². The molecular weight excluding hydrogens is 304 g/mol. The number of anilines is 1. The van der Waals surface area contributed by atoms with E-state index in [2.05, 4.69) is 31.3 Å². The molecular formula is C11H12BrClN4. The molecule has 2 aromatic heterocycles. The van der Waals surface area contributed by atoms with Gasteiger partial charge < -0.3 is 5.32 Å². The van der Waals surface area contributed by atoms with Gasteiger partial charge in [0.1, 0.15) is 0 Å². The molecule has 0 radical (unpaired) electrons. The van der Waals surface area contributed by atoms with Gasteiger partial charge in [0.2, 0.25) is 0 Å². The first-order valence-corrected chi connectivity index (χ1v) is 6.30. The predicted molar refractivity (Wildman–Crippen MR) is 72.2 cm³/mol. The standard InChI is InChI=1S/C11H12BrClN4/c1-7(10-3-4-15-17(10)2)16-9-5-8(12)6-14-11(9)13/h3-7,16H,1-2H3. The fourth-order valence-electron chi connectivity index (χ4n) is 1.64. The second kappa shape index (κ2) is 5.06. The number of aryl methyl sites for hydroxylation is 1. The molecule has 0 bridgehead atoms. The van der Waals surface area contributed by atoms with Gasteiger partial charge in [0.05, 0.1) is 17.4 Å². The summed E-state index contributed by atoms with van der Waals surface area (Å²) in [5, 5.41) is 7.91. The second-order valence-electron chi connectivity index (χ2n) is 3.74. The molecule has 0 saturated heterocycles. The molecule has 0 saturated carbocycles. The Kier molecular flexibility index (Phi) is 3.69. The number of nitrogens with zero attached hydrogens (tertiary/aromatic N) is 3. The third-order valence-electron chi connectivity index (χ3n) is 2.48. The van der Waals surface area contributed by atoms with Crippen LogP contribution in [0.4, 0.5) is 5.69 Å². The largest absolute Gasteiger partial charge is 0.374 e. The number of hydrogen-bond donors (Lipinski definition) is 1. The molecule has 17 heavy (non-hydrogen) atoms. The summed E-state index contributed by atoms with van der Waals surface area (Å²) in [6.07, 6.45) is 3.44. The fourth-order valence-corrected chi connectivity index (χ4v) is 2.13. The van der Waals surface area contributed by atoms with Gasteiger partial charge in [0, 0.05) is 23.9 Å².